The van der Waals surface area contributed by atoms with Gasteiger partial charge in [-0.3, -0.25) is 4.98 Å². The molecule has 1 aliphatic carbocycles. The minimum atomic E-state index is 0.141. The molecular formula is C28H31N7. The summed E-state index contributed by atoms with van der Waals surface area (Å²) in [7, 11) is 0. The fourth-order valence-corrected chi connectivity index (χ4v) is 5.05. The summed E-state index contributed by atoms with van der Waals surface area (Å²) in [5, 5.41) is 8.17. The highest BCUT2D eigenvalue weighted by molar-refractivity contribution is 5.94. The first-order chi connectivity index (χ1) is 17.3. The summed E-state index contributed by atoms with van der Waals surface area (Å²) >= 11 is 0. The monoisotopic (exact) mass is 465 g/mol. The molecule has 2 fully saturated rings. The van der Waals surface area contributed by atoms with Crippen LogP contribution in [0, 0.1) is 0 Å². The quantitative estimate of drug-likeness (QED) is 0.418. The van der Waals surface area contributed by atoms with E-state index in [1.807, 2.05) is 36.8 Å². The van der Waals surface area contributed by atoms with Crippen LogP contribution in [0.15, 0.2) is 61.1 Å². The lowest BCUT2D eigenvalue weighted by Crippen LogP contribution is -2.44. The molecule has 7 nitrogen and oxygen atoms in total. The van der Waals surface area contributed by atoms with Crippen LogP contribution >= 0.6 is 0 Å². The number of pyridine rings is 2. The molecule has 1 aliphatic heterocycles. The van der Waals surface area contributed by atoms with Crippen LogP contribution < -0.4 is 15.5 Å². The zero-order valence-electron chi connectivity index (χ0n) is 20.1. The largest absolute Gasteiger partial charge is 0.364 e. The minimum absolute atomic E-state index is 0.141. The van der Waals surface area contributed by atoms with E-state index in [1.54, 1.807) is 0 Å². The maximum Gasteiger partial charge on any atom is 0.162 e. The molecule has 35 heavy (non-hydrogen) atoms. The lowest BCUT2D eigenvalue weighted by atomic mass is 9.79. The van der Waals surface area contributed by atoms with E-state index in [9.17, 15) is 0 Å². The molecule has 1 saturated carbocycles. The van der Waals surface area contributed by atoms with Gasteiger partial charge >= 0.3 is 0 Å². The molecule has 7 heteroatoms. The van der Waals surface area contributed by atoms with E-state index < -0.39 is 0 Å². The van der Waals surface area contributed by atoms with E-state index in [-0.39, 0.29) is 6.04 Å². The molecule has 2 N–H and O–H groups in total. The van der Waals surface area contributed by atoms with Crippen molar-refractivity contribution in [3.05, 3.63) is 72.2 Å². The van der Waals surface area contributed by atoms with Gasteiger partial charge < -0.3 is 15.5 Å². The molecule has 2 aliphatic rings. The van der Waals surface area contributed by atoms with Crippen LogP contribution in [-0.2, 0) is 0 Å². The molecule has 178 valence electrons. The normalized spacial score (nSPS) is 17.2. The Balaban J connectivity index is 1.40. The van der Waals surface area contributed by atoms with Gasteiger partial charge in [0.1, 0.15) is 11.6 Å². The first-order valence-electron chi connectivity index (χ1n) is 12.7. The van der Waals surface area contributed by atoms with Gasteiger partial charge in [-0.25, -0.2) is 15.0 Å². The third-order valence-corrected chi connectivity index (χ3v) is 7.26. The van der Waals surface area contributed by atoms with Crippen LogP contribution in [0.2, 0.25) is 0 Å². The summed E-state index contributed by atoms with van der Waals surface area (Å²) in [5.41, 5.74) is 4.41. The van der Waals surface area contributed by atoms with Crippen LogP contribution in [0.5, 0.6) is 0 Å². The number of fused-ring (bicyclic) bond motifs is 1. The predicted molar refractivity (Wildman–Crippen MR) is 141 cm³/mol. The van der Waals surface area contributed by atoms with Crippen molar-refractivity contribution in [3.63, 3.8) is 0 Å². The van der Waals surface area contributed by atoms with E-state index >= 15 is 0 Å². The Labute approximate surface area is 206 Å². The first kappa shape index (κ1) is 21.9. The van der Waals surface area contributed by atoms with Crippen LogP contribution in [-0.4, -0.2) is 46.1 Å². The summed E-state index contributed by atoms with van der Waals surface area (Å²) in [5.74, 6) is 3.14. The second kappa shape index (κ2) is 9.58. The Bertz CT molecular complexity index is 1310. The van der Waals surface area contributed by atoms with Crippen LogP contribution in [0.4, 0.5) is 11.6 Å². The Hall–Kier alpha value is -3.58. The van der Waals surface area contributed by atoms with Gasteiger partial charge in [-0.1, -0.05) is 36.8 Å². The van der Waals surface area contributed by atoms with Gasteiger partial charge in [-0.2, -0.15) is 0 Å². The summed E-state index contributed by atoms with van der Waals surface area (Å²) in [4.78, 5) is 21.7. The fourth-order valence-electron chi connectivity index (χ4n) is 5.05. The smallest absolute Gasteiger partial charge is 0.162 e. The number of hydrogen-bond donors (Lipinski definition) is 2. The zero-order chi connectivity index (χ0) is 23.6. The SMILES string of the molecule is C[C@@H](Nc1cc(-c2nc(N3CCNCC3)c3c(C4CCC4)cncc3n2)ccn1)c1ccccc1. The number of aromatic nitrogens is 4. The first-order valence-corrected chi connectivity index (χ1v) is 12.7. The van der Waals surface area contributed by atoms with Gasteiger partial charge in [0.25, 0.3) is 0 Å². The van der Waals surface area contributed by atoms with Crippen molar-refractivity contribution < 1.29 is 0 Å². The van der Waals surface area contributed by atoms with Crippen LogP contribution in [0.25, 0.3) is 22.3 Å². The summed E-state index contributed by atoms with van der Waals surface area (Å²) in [6.45, 7) is 5.95. The van der Waals surface area contributed by atoms with E-state index in [1.165, 1.54) is 35.8 Å². The van der Waals surface area contributed by atoms with E-state index in [0.717, 1.165) is 54.7 Å². The molecule has 0 bridgehead atoms. The molecule has 4 heterocycles. The average Bonchev–Trinajstić information content (AvgIpc) is 2.88. The number of rotatable bonds is 6. The second-order valence-electron chi connectivity index (χ2n) is 9.57. The highest BCUT2D eigenvalue weighted by atomic mass is 15.2. The maximum absolute atomic E-state index is 5.18. The Morgan fingerprint density at radius 1 is 1.03 bits per heavy atom. The molecule has 3 aromatic heterocycles. The molecule has 0 spiro atoms. The van der Waals surface area contributed by atoms with Crippen molar-refractivity contribution in [1.82, 2.24) is 25.3 Å². The number of anilines is 2. The lowest BCUT2D eigenvalue weighted by molar-refractivity contribution is 0.421. The van der Waals surface area contributed by atoms with E-state index in [0.29, 0.717) is 5.92 Å². The van der Waals surface area contributed by atoms with E-state index in [4.69, 9.17) is 9.97 Å². The van der Waals surface area contributed by atoms with Gasteiger partial charge in [0.15, 0.2) is 5.82 Å². The Morgan fingerprint density at radius 2 is 1.86 bits per heavy atom. The van der Waals surface area contributed by atoms with Crippen molar-refractivity contribution in [2.24, 2.45) is 0 Å². The second-order valence-corrected chi connectivity index (χ2v) is 9.57. The van der Waals surface area contributed by atoms with Crippen molar-refractivity contribution in [1.29, 1.82) is 0 Å². The highest BCUT2D eigenvalue weighted by Gasteiger charge is 2.26. The topological polar surface area (TPSA) is 78.9 Å². The summed E-state index contributed by atoms with van der Waals surface area (Å²) in [6, 6.07) is 14.6. The van der Waals surface area contributed by atoms with Gasteiger partial charge in [0, 0.05) is 55.6 Å². The summed E-state index contributed by atoms with van der Waals surface area (Å²) < 4.78 is 0. The number of nitrogens with zero attached hydrogens (tertiary/aromatic N) is 5. The van der Waals surface area contributed by atoms with Gasteiger partial charge in [0.2, 0.25) is 0 Å². The highest BCUT2D eigenvalue weighted by Crippen LogP contribution is 2.42. The number of benzene rings is 1. The number of nitrogens with one attached hydrogen (secondary N) is 2. The van der Waals surface area contributed by atoms with Gasteiger partial charge in [0.05, 0.1) is 11.7 Å². The van der Waals surface area contributed by atoms with Crippen molar-refractivity contribution in [3.8, 4) is 11.4 Å². The molecule has 1 saturated heterocycles. The number of piperazine rings is 1. The van der Waals surface area contributed by atoms with Crippen molar-refractivity contribution in [2.45, 2.75) is 38.1 Å². The Morgan fingerprint density at radius 3 is 2.63 bits per heavy atom. The molecule has 0 radical (unpaired) electrons. The molecule has 0 amide bonds. The van der Waals surface area contributed by atoms with E-state index in [2.05, 4.69) is 56.7 Å². The summed E-state index contributed by atoms with van der Waals surface area (Å²) in [6.07, 6.45) is 9.51. The average molecular weight is 466 g/mol. The third-order valence-electron chi connectivity index (χ3n) is 7.26. The zero-order valence-corrected chi connectivity index (χ0v) is 20.1. The Kier molecular flexibility index (Phi) is 6.00. The lowest BCUT2D eigenvalue weighted by Gasteiger charge is -2.32. The third kappa shape index (κ3) is 4.44. The standard InChI is InChI=1S/C28H31N7/c1-19(20-6-3-2-4-7-20)32-25-16-22(10-11-31-25)27-33-24-18-30-17-23(21-8-5-9-21)26(24)28(34-27)35-14-12-29-13-15-35/h2-4,6-7,10-11,16-19,21,29H,5,8-9,12-15H2,1H3,(H,31,32)/t19-/m1/s1. The fraction of sp³-hybridized carbons (Fsp3) is 0.357. The molecule has 6 rings (SSSR count). The molecule has 1 aromatic carbocycles. The van der Waals surface area contributed by atoms with Crippen molar-refractivity contribution in [2.75, 3.05) is 36.4 Å². The van der Waals surface area contributed by atoms with Gasteiger partial charge in [-0.15, -0.1) is 0 Å². The van der Waals surface area contributed by atoms with Gasteiger partial charge in [-0.05, 0) is 48.9 Å². The molecule has 0 unspecified atom stereocenters. The minimum Gasteiger partial charge on any atom is -0.364 e. The van der Waals surface area contributed by atoms with Crippen molar-refractivity contribution >= 4 is 22.5 Å². The number of hydrogen-bond acceptors (Lipinski definition) is 7. The van der Waals surface area contributed by atoms with Crippen LogP contribution in [0.3, 0.4) is 0 Å². The molecule has 4 aromatic rings. The van der Waals surface area contributed by atoms with Crippen LogP contribution in [0.1, 0.15) is 49.3 Å². The predicted octanol–water partition coefficient (Wildman–Crippen LogP) is 4.94. The molecular weight excluding hydrogens is 434 g/mol. The molecule has 1 atom stereocenters. The maximum atomic E-state index is 5.18.